The molecule has 2 aromatic heterocycles. The highest BCUT2D eigenvalue weighted by Gasteiger charge is 2.20. The molecule has 0 bridgehead atoms. The second-order valence-corrected chi connectivity index (χ2v) is 6.46. The summed E-state index contributed by atoms with van der Waals surface area (Å²) in [5.74, 6) is -0.584. The molecule has 7 nitrogen and oxygen atoms in total. The molecule has 26 heavy (non-hydrogen) atoms. The summed E-state index contributed by atoms with van der Waals surface area (Å²) in [4.78, 5) is 31.4. The second kappa shape index (κ2) is 7.40. The summed E-state index contributed by atoms with van der Waals surface area (Å²) in [7, 11) is 0. The van der Waals surface area contributed by atoms with Gasteiger partial charge in [-0.25, -0.2) is 9.78 Å². The molecule has 0 aliphatic heterocycles. The number of hydrogen-bond acceptors (Lipinski definition) is 7. The molecule has 2 heterocycles. The van der Waals surface area contributed by atoms with Gasteiger partial charge >= 0.3 is 5.97 Å². The molecular weight excluding hydrogens is 354 g/mol. The minimum atomic E-state index is -0.637. The normalized spacial score (nSPS) is 11.8. The fourth-order valence-electron chi connectivity index (χ4n) is 2.34. The van der Waals surface area contributed by atoms with E-state index in [1.165, 1.54) is 17.4 Å². The number of hydrogen-bond donors (Lipinski definition) is 0. The Hall–Kier alpha value is -3.13. The fraction of sp³-hybridized carbons (Fsp3) is 0.167. The van der Waals surface area contributed by atoms with Crippen LogP contribution >= 0.6 is 11.3 Å². The summed E-state index contributed by atoms with van der Waals surface area (Å²) in [6.45, 7) is 3.32. The van der Waals surface area contributed by atoms with Crippen LogP contribution in [-0.4, -0.2) is 20.9 Å². The van der Waals surface area contributed by atoms with Gasteiger partial charge in [0.1, 0.15) is 11.1 Å². The summed E-state index contributed by atoms with van der Waals surface area (Å²) < 4.78 is 5.41. The SMILES string of the molecule is Cc1ccc([C@@H](C)OC(=O)c2csc(-c3ccccn3)n2)cc1[N+](=O)[O-]. The van der Waals surface area contributed by atoms with Crippen LogP contribution in [0.2, 0.25) is 0 Å². The Morgan fingerprint density at radius 3 is 2.81 bits per heavy atom. The molecule has 0 unspecified atom stereocenters. The summed E-state index contributed by atoms with van der Waals surface area (Å²) in [5.41, 5.74) is 1.96. The molecule has 0 aliphatic carbocycles. The average Bonchev–Trinajstić information content (AvgIpc) is 3.13. The molecule has 0 radical (unpaired) electrons. The average molecular weight is 369 g/mol. The van der Waals surface area contributed by atoms with E-state index in [0.29, 0.717) is 21.8 Å². The number of carbonyl (C=O) groups excluding carboxylic acids is 1. The van der Waals surface area contributed by atoms with Gasteiger partial charge in [0.15, 0.2) is 5.69 Å². The molecule has 132 valence electrons. The van der Waals surface area contributed by atoms with Gasteiger partial charge in [-0.05, 0) is 31.5 Å². The number of carbonyl (C=O) groups is 1. The Balaban J connectivity index is 1.75. The molecule has 0 spiro atoms. The van der Waals surface area contributed by atoms with Gasteiger partial charge in [-0.1, -0.05) is 18.2 Å². The quantitative estimate of drug-likeness (QED) is 0.377. The Morgan fingerprint density at radius 1 is 1.31 bits per heavy atom. The summed E-state index contributed by atoms with van der Waals surface area (Å²) in [5, 5.41) is 13.3. The number of rotatable bonds is 5. The first-order valence-corrected chi connectivity index (χ1v) is 8.66. The minimum Gasteiger partial charge on any atom is -0.453 e. The van der Waals surface area contributed by atoms with Crippen LogP contribution in [0.3, 0.4) is 0 Å². The third-order valence-corrected chi connectivity index (χ3v) is 4.65. The van der Waals surface area contributed by atoms with Crippen molar-refractivity contribution in [2.45, 2.75) is 20.0 Å². The third-order valence-electron chi connectivity index (χ3n) is 3.78. The largest absolute Gasteiger partial charge is 0.453 e. The number of nitrogens with zero attached hydrogens (tertiary/aromatic N) is 3. The maximum atomic E-state index is 12.3. The number of ether oxygens (including phenoxy) is 1. The van der Waals surface area contributed by atoms with Crippen LogP contribution in [0.4, 0.5) is 5.69 Å². The van der Waals surface area contributed by atoms with Gasteiger partial charge < -0.3 is 4.74 Å². The van der Waals surface area contributed by atoms with Crippen molar-refractivity contribution in [3.8, 4) is 10.7 Å². The lowest BCUT2D eigenvalue weighted by molar-refractivity contribution is -0.385. The van der Waals surface area contributed by atoms with Crippen LogP contribution in [0.5, 0.6) is 0 Å². The van der Waals surface area contributed by atoms with Gasteiger partial charge in [-0.2, -0.15) is 0 Å². The molecule has 8 heteroatoms. The number of benzene rings is 1. The molecule has 3 rings (SSSR count). The monoisotopic (exact) mass is 369 g/mol. The van der Waals surface area contributed by atoms with E-state index in [4.69, 9.17) is 4.74 Å². The Bertz CT molecular complexity index is 956. The van der Waals surface area contributed by atoms with Crippen LogP contribution in [-0.2, 0) is 4.74 Å². The molecule has 0 N–H and O–H groups in total. The van der Waals surface area contributed by atoms with E-state index in [-0.39, 0.29) is 11.4 Å². The van der Waals surface area contributed by atoms with Gasteiger partial charge in [0.05, 0.1) is 10.6 Å². The van der Waals surface area contributed by atoms with Crippen LogP contribution < -0.4 is 0 Å². The minimum absolute atomic E-state index is 0.00324. The van der Waals surface area contributed by atoms with Crippen molar-refractivity contribution in [1.82, 2.24) is 9.97 Å². The molecule has 0 aliphatic rings. The van der Waals surface area contributed by atoms with E-state index < -0.39 is 17.0 Å². The van der Waals surface area contributed by atoms with E-state index >= 15 is 0 Å². The van der Waals surface area contributed by atoms with E-state index in [1.54, 1.807) is 43.6 Å². The zero-order valence-electron chi connectivity index (χ0n) is 14.1. The highest BCUT2D eigenvalue weighted by Crippen LogP contribution is 2.27. The number of aromatic nitrogens is 2. The zero-order valence-corrected chi connectivity index (χ0v) is 14.9. The first kappa shape index (κ1) is 17.7. The molecule has 0 fully saturated rings. The van der Waals surface area contributed by atoms with Crippen molar-refractivity contribution < 1.29 is 14.5 Å². The smallest absolute Gasteiger partial charge is 0.358 e. The van der Waals surface area contributed by atoms with Gasteiger partial charge in [-0.15, -0.1) is 11.3 Å². The van der Waals surface area contributed by atoms with Crippen LogP contribution in [0.15, 0.2) is 48.0 Å². The molecule has 0 saturated carbocycles. The van der Waals surface area contributed by atoms with Crippen molar-refractivity contribution in [3.05, 3.63) is 74.9 Å². The number of nitro groups is 1. The first-order valence-electron chi connectivity index (χ1n) is 7.78. The van der Waals surface area contributed by atoms with Crippen molar-refractivity contribution in [2.75, 3.05) is 0 Å². The Kier molecular flexibility index (Phi) is 5.04. The molecule has 3 aromatic rings. The van der Waals surface area contributed by atoms with E-state index in [1.807, 2.05) is 12.1 Å². The summed E-state index contributed by atoms with van der Waals surface area (Å²) in [6.07, 6.45) is 1.02. The predicted molar refractivity (Wildman–Crippen MR) is 97.0 cm³/mol. The molecule has 1 atom stereocenters. The molecule has 0 saturated heterocycles. The van der Waals surface area contributed by atoms with Crippen molar-refractivity contribution in [3.63, 3.8) is 0 Å². The molecular formula is C18H15N3O4S. The van der Waals surface area contributed by atoms with Crippen LogP contribution in [0.1, 0.15) is 34.6 Å². The van der Waals surface area contributed by atoms with Gasteiger partial charge in [-0.3, -0.25) is 15.1 Å². The summed E-state index contributed by atoms with van der Waals surface area (Å²) >= 11 is 1.30. The topological polar surface area (TPSA) is 95.2 Å². The van der Waals surface area contributed by atoms with Crippen molar-refractivity contribution in [2.24, 2.45) is 0 Å². The van der Waals surface area contributed by atoms with Crippen LogP contribution in [0.25, 0.3) is 10.7 Å². The van der Waals surface area contributed by atoms with E-state index in [2.05, 4.69) is 9.97 Å². The van der Waals surface area contributed by atoms with Crippen molar-refractivity contribution in [1.29, 1.82) is 0 Å². The maximum Gasteiger partial charge on any atom is 0.358 e. The first-order chi connectivity index (χ1) is 12.5. The van der Waals surface area contributed by atoms with E-state index in [9.17, 15) is 14.9 Å². The van der Waals surface area contributed by atoms with Crippen LogP contribution in [0, 0.1) is 17.0 Å². The zero-order chi connectivity index (χ0) is 18.7. The lowest BCUT2D eigenvalue weighted by atomic mass is 10.1. The Morgan fingerprint density at radius 2 is 2.12 bits per heavy atom. The van der Waals surface area contributed by atoms with E-state index in [0.717, 1.165) is 0 Å². The number of aryl methyl sites for hydroxylation is 1. The highest BCUT2D eigenvalue weighted by atomic mass is 32.1. The summed E-state index contributed by atoms with van der Waals surface area (Å²) in [6, 6.07) is 10.2. The van der Waals surface area contributed by atoms with Gasteiger partial charge in [0, 0.05) is 23.2 Å². The lowest BCUT2D eigenvalue weighted by Gasteiger charge is -2.13. The number of esters is 1. The van der Waals surface area contributed by atoms with Crippen molar-refractivity contribution >= 4 is 23.0 Å². The fourth-order valence-corrected chi connectivity index (χ4v) is 3.10. The number of nitro benzene ring substituents is 1. The highest BCUT2D eigenvalue weighted by molar-refractivity contribution is 7.13. The molecule has 1 aromatic carbocycles. The number of pyridine rings is 1. The predicted octanol–water partition coefficient (Wildman–Crippen LogP) is 4.34. The molecule has 0 amide bonds. The van der Waals surface area contributed by atoms with Gasteiger partial charge in [0.25, 0.3) is 5.69 Å². The van der Waals surface area contributed by atoms with Gasteiger partial charge in [0.2, 0.25) is 0 Å². The standard InChI is InChI=1S/C18H15N3O4S/c1-11-6-7-13(9-16(11)21(23)24)12(2)25-18(22)15-10-26-17(20-15)14-5-3-4-8-19-14/h3-10,12H,1-2H3/t12-/m1/s1. The lowest BCUT2D eigenvalue weighted by Crippen LogP contribution is -2.10. The Labute approximate surface area is 153 Å². The number of thiazole rings is 1. The third kappa shape index (κ3) is 3.75. The second-order valence-electron chi connectivity index (χ2n) is 5.60. The maximum absolute atomic E-state index is 12.3.